The second kappa shape index (κ2) is 8.87. The Morgan fingerprint density at radius 1 is 1.10 bits per heavy atom. The number of aromatic nitrogens is 2. The molecule has 3 fully saturated rings. The lowest BCUT2D eigenvalue weighted by Crippen LogP contribution is -2.41. The fourth-order valence-corrected chi connectivity index (χ4v) is 5.13. The lowest BCUT2D eigenvalue weighted by atomic mass is 9.81. The van der Waals surface area contributed by atoms with Crippen molar-refractivity contribution in [2.45, 2.75) is 83.5 Å². The SMILES string of the molecule is COC(=O)C1CCC(CN2CCC(n3cc(B4OC(C)(C)C(C)(C)O4)cn3)CC2)CC1. The Morgan fingerprint density at radius 2 is 1.71 bits per heavy atom. The Kier molecular flexibility index (Phi) is 6.53. The van der Waals surface area contributed by atoms with Gasteiger partial charge in [0.1, 0.15) is 0 Å². The van der Waals surface area contributed by atoms with E-state index in [1.165, 1.54) is 7.11 Å². The number of hydrogen-bond donors (Lipinski definition) is 0. The molecular formula is C23H38BN3O4. The summed E-state index contributed by atoms with van der Waals surface area (Å²) in [6.45, 7) is 11.7. The molecular weight excluding hydrogens is 393 g/mol. The van der Waals surface area contributed by atoms with E-state index >= 15 is 0 Å². The van der Waals surface area contributed by atoms with Crippen molar-refractivity contribution in [2.24, 2.45) is 11.8 Å². The van der Waals surface area contributed by atoms with Crippen LogP contribution in [0.3, 0.4) is 0 Å². The van der Waals surface area contributed by atoms with Crippen molar-refractivity contribution in [3.63, 3.8) is 0 Å². The van der Waals surface area contributed by atoms with E-state index in [0.29, 0.717) is 12.0 Å². The summed E-state index contributed by atoms with van der Waals surface area (Å²) in [5.41, 5.74) is 0.339. The third kappa shape index (κ3) is 4.86. The molecule has 7 nitrogen and oxygen atoms in total. The van der Waals surface area contributed by atoms with Gasteiger partial charge in [0, 0.05) is 37.5 Å². The molecule has 4 rings (SSSR count). The van der Waals surface area contributed by atoms with Gasteiger partial charge in [-0.3, -0.25) is 9.48 Å². The quantitative estimate of drug-likeness (QED) is 0.528. The lowest BCUT2D eigenvalue weighted by molar-refractivity contribution is -0.146. The molecule has 172 valence electrons. The highest BCUT2D eigenvalue weighted by molar-refractivity contribution is 6.62. The van der Waals surface area contributed by atoms with Crippen LogP contribution in [0.2, 0.25) is 0 Å². The van der Waals surface area contributed by atoms with E-state index in [4.69, 9.17) is 14.0 Å². The van der Waals surface area contributed by atoms with E-state index in [0.717, 1.165) is 63.6 Å². The minimum absolute atomic E-state index is 0.0293. The zero-order chi connectivity index (χ0) is 22.2. The van der Waals surface area contributed by atoms with Crippen LogP contribution in [0.1, 0.15) is 72.3 Å². The Balaban J connectivity index is 1.24. The predicted molar refractivity (Wildman–Crippen MR) is 120 cm³/mol. The minimum atomic E-state index is -0.348. The Labute approximate surface area is 186 Å². The average molecular weight is 431 g/mol. The van der Waals surface area contributed by atoms with Crippen molar-refractivity contribution in [2.75, 3.05) is 26.7 Å². The van der Waals surface area contributed by atoms with Crippen LogP contribution in [0.5, 0.6) is 0 Å². The van der Waals surface area contributed by atoms with E-state index in [1.54, 1.807) is 0 Å². The third-order valence-electron chi connectivity index (χ3n) is 7.98. The molecule has 3 aliphatic rings. The number of rotatable bonds is 5. The zero-order valence-electron chi connectivity index (χ0n) is 19.8. The first kappa shape index (κ1) is 22.8. The van der Waals surface area contributed by atoms with Gasteiger partial charge in [-0.2, -0.15) is 5.10 Å². The van der Waals surface area contributed by atoms with Crippen LogP contribution in [0.4, 0.5) is 0 Å². The maximum absolute atomic E-state index is 11.7. The van der Waals surface area contributed by atoms with Crippen LogP contribution in [-0.2, 0) is 18.8 Å². The molecule has 1 aliphatic carbocycles. The van der Waals surface area contributed by atoms with Gasteiger partial charge in [0.05, 0.1) is 30.3 Å². The van der Waals surface area contributed by atoms with Crippen molar-refractivity contribution >= 4 is 18.6 Å². The summed E-state index contributed by atoms with van der Waals surface area (Å²) in [5, 5.41) is 4.65. The van der Waals surface area contributed by atoms with Crippen LogP contribution in [0.25, 0.3) is 0 Å². The molecule has 0 spiro atoms. The number of methoxy groups -OCH3 is 1. The lowest BCUT2D eigenvalue weighted by Gasteiger charge is -2.36. The summed E-state index contributed by atoms with van der Waals surface area (Å²) >= 11 is 0. The summed E-state index contributed by atoms with van der Waals surface area (Å²) in [7, 11) is 1.15. The van der Waals surface area contributed by atoms with Crippen LogP contribution in [-0.4, -0.2) is 65.7 Å². The summed E-state index contributed by atoms with van der Waals surface area (Å²) in [6.07, 6.45) is 10.5. The van der Waals surface area contributed by atoms with Crippen molar-refractivity contribution in [3.05, 3.63) is 12.4 Å². The molecule has 0 N–H and O–H groups in total. The fourth-order valence-electron chi connectivity index (χ4n) is 5.13. The van der Waals surface area contributed by atoms with Gasteiger partial charge in [-0.1, -0.05) is 0 Å². The van der Waals surface area contributed by atoms with Crippen molar-refractivity contribution in [1.29, 1.82) is 0 Å². The highest BCUT2D eigenvalue weighted by Gasteiger charge is 2.52. The zero-order valence-corrected chi connectivity index (χ0v) is 19.8. The average Bonchev–Trinajstić information content (AvgIpc) is 3.31. The molecule has 0 aromatic carbocycles. The molecule has 8 heteroatoms. The van der Waals surface area contributed by atoms with Crippen molar-refractivity contribution < 1.29 is 18.8 Å². The molecule has 1 aromatic heterocycles. The molecule has 0 radical (unpaired) electrons. The Bertz CT molecular complexity index is 749. The first-order valence-corrected chi connectivity index (χ1v) is 11.9. The standard InChI is InChI=1S/C23H38BN3O4/c1-22(2)23(3,4)31-24(30-22)19-14-25-27(16-19)20-10-12-26(13-11-20)15-17-6-8-18(9-7-17)21(28)29-5/h14,16-18,20H,6-13,15H2,1-5H3. The Morgan fingerprint density at radius 3 is 2.29 bits per heavy atom. The molecule has 0 unspecified atom stereocenters. The van der Waals surface area contributed by atoms with Gasteiger partial charge in [0.25, 0.3) is 0 Å². The highest BCUT2D eigenvalue weighted by Crippen LogP contribution is 2.36. The number of carbonyl (C=O) groups excluding carboxylic acids is 1. The van der Waals surface area contributed by atoms with Crippen LogP contribution < -0.4 is 5.46 Å². The molecule has 0 atom stereocenters. The molecule has 2 saturated heterocycles. The van der Waals surface area contributed by atoms with Gasteiger partial charge in [-0.15, -0.1) is 0 Å². The summed E-state index contributed by atoms with van der Waals surface area (Å²) in [5.74, 6) is 0.792. The number of likely N-dealkylation sites (tertiary alicyclic amines) is 1. The van der Waals surface area contributed by atoms with E-state index in [2.05, 4.69) is 48.6 Å². The maximum atomic E-state index is 11.7. The Hall–Kier alpha value is -1.38. The maximum Gasteiger partial charge on any atom is 0.498 e. The summed E-state index contributed by atoms with van der Waals surface area (Å²) in [4.78, 5) is 14.3. The number of carbonyl (C=O) groups is 1. The third-order valence-corrected chi connectivity index (χ3v) is 7.98. The highest BCUT2D eigenvalue weighted by atomic mass is 16.7. The van der Waals surface area contributed by atoms with Crippen molar-refractivity contribution in [1.82, 2.24) is 14.7 Å². The molecule has 0 bridgehead atoms. The molecule has 3 heterocycles. The molecule has 2 aliphatic heterocycles. The number of hydrogen-bond acceptors (Lipinski definition) is 6. The van der Waals surface area contributed by atoms with Crippen LogP contribution >= 0.6 is 0 Å². The van der Waals surface area contributed by atoms with Crippen molar-refractivity contribution in [3.8, 4) is 0 Å². The second-order valence-corrected chi connectivity index (χ2v) is 10.6. The van der Waals surface area contributed by atoms with Gasteiger partial charge in [0.2, 0.25) is 0 Å². The molecule has 31 heavy (non-hydrogen) atoms. The predicted octanol–water partition coefficient (Wildman–Crippen LogP) is 2.80. The van der Waals surface area contributed by atoms with Gasteiger partial charge < -0.3 is 18.9 Å². The molecule has 0 amide bonds. The molecule has 1 aromatic rings. The van der Waals surface area contributed by atoms with E-state index in [1.807, 2.05) is 6.20 Å². The van der Waals surface area contributed by atoms with Gasteiger partial charge in [0.15, 0.2) is 0 Å². The topological polar surface area (TPSA) is 65.8 Å². The summed E-state index contributed by atoms with van der Waals surface area (Å²) < 4.78 is 19.4. The van der Waals surface area contributed by atoms with E-state index in [9.17, 15) is 4.79 Å². The molecule has 1 saturated carbocycles. The number of esters is 1. The van der Waals surface area contributed by atoms with Crippen LogP contribution in [0.15, 0.2) is 12.4 Å². The summed E-state index contributed by atoms with van der Waals surface area (Å²) in [6, 6.07) is 0.433. The van der Waals surface area contributed by atoms with Gasteiger partial charge >= 0.3 is 13.1 Å². The smallest absolute Gasteiger partial charge is 0.469 e. The van der Waals surface area contributed by atoms with E-state index < -0.39 is 0 Å². The number of piperidine rings is 1. The van der Waals surface area contributed by atoms with Gasteiger partial charge in [-0.05, 0) is 72.1 Å². The largest absolute Gasteiger partial charge is 0.498 e. The number of ether oxygens (including phenoxy) is 1. The normalized spacial score (nSPS) is 29.3. The minimum Gasteiger partial charge on any atom is -0.469 e. The fraction of sp³-hybridized carbons (Fsp3) is 0.826. The first-order chi connectivity index (χ1) is 14.7. The first-order valence-electron chi connectivity index (χ1n) is 11.9. The second-order valence-electron chi connectivity index (χ2n) is 10.6. The number of nitrogens with zero attached hydrogens (tertiary/aromatic N) is 3. The van der Waals surface area contributed by atoms with Gasteiger partial charge in [-0.25, -0.2) is 0 Å². The monoisotopic (exact) mass is 431 g/mol. The van der Waals surface area contributed by atoms with Crippen LogP contribution in [0, 0.1) is 11.8 Å². The van der Waals surface area contributed by atoms with E-state index in [-0.39, 0.29) is 30.2 Å².